The van der Waals surface area contributed by atoms with E-state index >= 15 is 0 Å². The average molecular weight is 250 g/mol. The van der Waals surface area contributed by atoms with Crippen LogP contribution in [0.1, 0.15) is 12.0 Å². The number of rotatable bonds is 3. The molecule has 6 nitrogen and oxygen atoms in total. The van der Waals surface area contributed by atoms with Crippen molar-refractivity contribution >= 4 is 10.0 Å². The van der Waals surface area contributed by atoms with Crippen molar-refractivity contribution in [3.05, 3.63) is 40.3 Å². The van der Waals surface area contributed by atoms with Crippen molar-refractivity contribution in [1.82, 2.24) is 0 Å². The van der Waals surface area contributed by atoms with E-state index in [1.807, 2.05) is 0 Å². The lowest BCUT2D eigenvalue weighted by Gasteiger charge is -1.97. The van der Waals surface area contributed by atoms with Gasteiger partial charge in [-0.3, -0.25) is 0 Å². The first-order valence-electron chi connectivity index (χ1n) is 4.66. The Hall–Kier alpha value is -2.00. The first-order chi connectivity index (χ1) is 8.04. The third-order valence-electron chi connectivity index (χ3n) is 1.80. The molecular formula is C10H10N4O2S. The van der Waals surface area contributed by atoms with E-state index in [1.54, 1.807) is 12.1 Å². The maximum absolute atomic E-state index is 11.1. The molecule has 0 aliphatic heterocycles. The minimum atomic E-state index is -3.70. The van der Waals surface area contributed by atoms with Crippen LogP contribution in [0.15, 0.2) is 34.3 Å². The monoisotopic (exact) mass is 250 g/mol. The van der Waals surface area contributed by atoms with Gasteiger partial charge in [0.25, 0.3) is 0 Å². The molecule has 0 heterocycles. The third kappa shape index (κ3) is 4.57. The van der Waals surface area contributed by atoms with Crippen molar-refractivity contribution in [1.29, 1.82) is 0 Å². The van der Waals surface area contributed by atoms with Crippen molar-refractivity contribution in [3.8, 4) is 11.8 Å². The Balaban J connectivity index is 2.83. The predicted octanol–water partition coefficient (Wildman–Crippen LogP) is 1.39. The summed E-state index contributed by atoms with van der Waals surface area (Å²) in [5.41, 5.74) is 8.59. The van der Waals surface area contributed by atoms with Crippen molar-refractivity contribution in [2.24, 2.45) is 10.3 Å². The minimum Gasteiger partial charge on any atom is -0.225 e. The molecule has 0 fully saturated rings. The fourth-order valence-electron chi connectivity index (χ4n) is 1.07. The van der Waals surface area contributed by atoms with E-state index in [0.717, 1.165) is 0 Å². The van der Waals surface area contributed by atoms with Crippen LogP contribution in [0.5, 0.6) is 0 Å². The topological polar surface area (TPSA) is 109 Å². The second kappa shape index (κ2) is 5.92. The van der Waals surface area contributed by atoms with Gasteiger partial charge < -0.3 is 0 Å². The summed E-state index contributed by atoms with van der Waals surface area (Å²) in [4.78, 5) is 2.62. The summed E-state index contributed by atoms with van der Waals surface area (Å²) < 4.78 is 22.1. The normalized spacial score (nSPS) is 9.94. The smallest absolute Gasteiger partial charge is 0.225 e. The van der Waals surface area contributed by atoms with Gasteiger partial charge >= 0.3 is 0 Å². The van der Waals surface area contributed by atoms with E-state index in [1.165, 1.54) is 12.1 Å². The van der Waals surface area contributed by atoms with E-state index in [9.17, 15) is 8.42 Å². The molecule has 0 radical (unpaired) electrons. The van der Waals surface area contributed by atoms with E-state index in [4.69, 9.17) is 10.7 Å². The summed E-state index contributed by atoms with van der Waals surface area (Å²) in [7, 11) is -3.70. The van der Waals surface area contributed by atoms with Gasteiger partial charge in [-0.1, -0.05) is 23.0 Å². The zero-order valence-electron chi connectivity index (χ0n) is 8.87. The van der Waals surface area contributed by atoms with Crippen LogP contribution in [0.25, 0.3) is 10.4 Å². The number of hydrogen-bond acceptors (Lipinski definition) is 3. The fourth-order valence-corrected chi connectivity index (χ4v) is 1.63. The summed E-state index contributed by atoms with van der Waals surface area (Å²) >= 11 is 0. The molecule has 7 heteroatoms. The summed E-state index contributed by atoms with van der Waals surface area (Å²) in [6.07, 6.45) is 0.420. The molecule has 0 atom stereocenters. The van der Waals surface area contributed by atoms with Gasteiger partial charge in [-0.2, -0.15) is 0 Å². The standard InChI is InChI=1S/C10H10N4O2S/c11-14-13-7-2-1-4-9-5-3-6-10(8-9)17(12,15)16/h3,5-6,8H,2,7H2,(H2,12,15,16). The lowest BCUT2D eigenvalue weighted by molar-refractivity contribution is 0.598. The Kier molecular flexibility index (Phi) is 4.55. The van der Waals surface area contributed by atoms with Crippen molar-refractivity contribution in [2.45, 2.75) is 11.3 Å². The van der Waals surface area contributed by atoms with Crippen LogP contribution < -0.4 is 5.14 Å². The predicted molar refractivity (Wildman–Crippen MR) is 63.3 cm³/mol. The van der Waals surface area contributed by atoms with Gasteiger partial charge in [0, 0.05) is 23.4 Å². The number of benzene rings is 1. The van der Waals surface area contributed by atoms with Gasteiger partial charge in [0.05, 0.1) is 4.90 Å². The maximum atomic E-state index is 11.1. The van der Waals surface area contributed by atoms with Gasteiger partial charge in [0.1, 0.15) is 0 Å². The van der Waals surface area contributed by atoms with Gasteiger partial charge in [0.15, 0.2) is 0 Å². The highest BCUT2D eigenvalue weighted by atomic mass is 32.2. The number of hydrogen-bond donors (Lipinski definition) is 1. The van der Waals surface area contributed by atoms with E-state index < -0.39 is 10.0 Å². The number of nitrogens with zero attached hydrogens (tertiary/aromatic N) is 3. The Bertz CT molecular complexity index is 607. The zero-order chi connectivity index (χ0) is 12.7. The van der Waals surface area contributed by atoms with Crippen molar-refractivity contribution < 1.29 is 8.42 Å². The molecule has 0 saturated carbocycles. The van der Waals surface area contributed by atoms with Gasteiger partial charge in [-0.15, -0.1) is 0 Å². The molecule has 0 aliphatic carbocycles. The Morgan fingerprint density at radius 3 is 2.88 bits per heavy atom. The molecule has 0 amide bonds. The third-order valence-corrected chi connectivity index (χ3v) is 2.71. The molecule has 17 heavy (non-hydrogen) atoms. The van der Waals surface area contributed by atoms with Gasteiger partial charge in [0.2, 0.25) is 10.0 Å². The van der Waals surface area contributed by atoms with E-state index in [2.05, 4.69) is 21.9 Å². The lowest BCUT2D eigenvalue weighted by Crippen LogP contribution is -2.11. The van der Waals surface area contributed by atoms with Crippen LogP contribution in [0.2, 0.25) is 0 Å². The molecular weight excluding hydrogens is 240 g/mol. The number of nitrogens with two attached hydrogens (primary N) is 1. The molecule has 0 unspecified atom stereocenters. The van der Waals surface area contributed by atoms with Crippen molar-refractivity contribution in [2.75, 3.05) is 6.54 Å². The zero-order valence-corrected chi connectivity index (χ0v) is 9.68. The molecule has 0 saturated heterocycles. The van der Waals surface area contributed by atoms with Crippen LogP contribution in [0.3, 0.4) is 0 Å². The van der Waals surface area contributed by atoms with Crippen molar-refractivity contribution in [3.63, 3.8) is 0 Å². The van der Waals surface area contributed by atoms with Gasteiger partial charge in [-0.25, -0.2) is 13.6 Å². The van der Waals surface area contributed by atoms with E-state index in [0.29, 0.717) is 18.5 Å². The highest BCUT2D eigenvalue weighted by molar-refractivity contribution is 7.89. The minimum absolute atomic E-state index is 0.0272. The Morgan fingerprint density at radius 1 is 1.47 bits per heavy atom. The summed E-state index contributed by atoms with van der Waals surface area (Å²) in [5.74, 6) is 5.53. The molecule has 0 aromatic heterocycles. The van der Waals surface area contributed by atoms with Crippen LogP contribution in [0, 0.1) is 11.8 Å². The second-order valence-electron chi connectivity index (χ2n) is 3.08. The molecule has 2 N–H and O–H groups in total. The molecule has 0 bridgehead atoms. The fraction of sp³-hybridized carbons (Fsp3) is 0.200. The largest absolute Gasteiger partial charge is 0.238 e. The van der Waals surface area contributed by atoms with Crippen LogP contribution >= 0.6 is 0 Å². The Labute approximate surface area is 99.1 Å². The molecule has 1 rings (SSSR count). The highest BCUT2D eigenvalue weighted by Gasteiger charge is 2.06. The van der Waals surface area contributed by atoms with Gasteiger partial charge in [-0.05, 0) is 23.7 Å². The highest BCUT2D eigenvalue weighted by Crippen LogP contribution is 2.08. The molecule has 1 aromatic carbocycles. The second-order valence-corrected chi connectivity index (χ2v) is 4.64. The quantitative estimate of drug-likeness (QED) is 0.287. The average Bonchev–Trinajstić information content (AvgIpc) is 2.28. The first-order valence-corrected chi connectivity index (χ1v) is 6.21. The van der Waals surface area contributed by atoms with E-state index in [-0.39, 0.29) is 4.90 Å². The molecule has 1 aromatic rings. The Morgan fingerprint density at radius 2 is 2.24 bits per heavy atom. The molecule has 0 aliphatic rings. The number of sulfonamides is 1. The first kappa shape index (κ1) is 13.1. The lowest BCUT2D eigenvalue weighted by atomic mass is 10.2. The molecule has 88 valence electrons. The summed E-state index contributed by atoms with van der Waals surface area (Å²) in [5, 5.41) is 8.31. The van der Waals surface area contributed by atoms with Crippen LogP contribution in [-0.2, 0) is 10.0 Å². The van der Waals surface area contributed by atoms with Crippen LogP contribution in [-0.4, -0.2) is 15.0 Å². The number of primary sulfonamides is 1. The number of azide groups is 1. The summed E-state index contributed by atoms with van der Waals surface area (Å²) in [6, 6.07) is 6.04. The SMILES string of the molecule is [N-]=[N+]=NCCC#Cc1cccc(S(N)(=O)=O)c1. The molecule has 0 spiro atoms. The van der Waals surface area contributed by atoms with Crippen LogP contribution in [0.4, 0.5) is 0 Å². The summed E-state index contributed by atoms with van der Waals surface area (Å²) in [6.45, 7) is 0.290. The maximum Gasteiger partial charge on any atom is 0.238 e.